The molecular weight excluding hydrogens is 326 g/mol. The van der Waals surface area contributed by atoms with Gasteiger partial charge in [-0.15, -0.1) is 0 Å². The van der Waals surface area contributed by atoms with E-state index in [-0.39, 0.29) is 11.8 Å². The molecule has 0 aromatic heterocycles. The molecule has 6 heteroatoms. The summed E-state index contributed by atoms with van der Waals surface area (Å²) in [6.45, 7) is 2.53. The van der Waals surface area contributed by atoms with Gasteiger partial charge in [0.15, 0.2) is 0 Å². The van der Waals surface area contributed by atoms with Gasteiger partial charge in [-0.25, -0.2) is 0 Å². The standard InChI is InChI=1S/C13H18BrN3OS/c1-8(13(18)16-2)7-17(3)9-4-5-10(12(15)19)11(14)6-9/h4-6,8H,7H2,1-3H3,(H2,15,19)(H,16,18). The van der Waals surface area contributed by atoms with Crippen molar-refractivity contribution in [1.29, 1.82) is 0 Å². The molecule has 1 atom stereocenters. The number of thiocarbonyl (C=S) groups is 1. The fourth-order valence-corrected chi connectivity index (χ4v) is 2.68. The molecule has 0 spiro atoms. The number of nitrogens with one attached hydrogen (secondary N) is 1. The van der Waals surface area contributed by atoms with Crippen molar-refractivity contribution in [2.75, 3.05) is 25.5 Å². The molecule has 1 aromatic rings. The summed E-state index contributed by atoms with van der Waals surface area (Å²) in [6, 6.07) is 5.77. The number of carbonyl (C=O) groups excluding carboxylic acids is 1. The van der Waals surface area contributed by atoms with Crippen molar-refractivity contribution in [2.45, 2.75) is 6.92 Å². The minimum Gasteiger partial charge on any atom is -0.389 e. The second-order valence-electron chi connectivity index (χ2n) is 4.42. The average Bonchev–Trinajstić information content (AvgIpc) is 2.36. The highest BCUT2D eigenvalue weighted by Gasteiger charge is 2.14. The van der Waals surface area contributed by atoms with E-state index in [1.165, 1.54) is 0 Å². The van der Waals surface area contributed by atoms with Gasteiger partial charge in [0.05, 0.1) is 5.92 Å². The molecule has 19 heavy (non-hydrogen) atoms. The number of nitrogens with two attached hydrogens (primary N) is 1. The molecule has 0 saturated carbocycles. The van der Waals surface area contributed by atoms with Gasteiger partial charge in [0.1, 0.15) is 4.99 Å². The number of benzene rings is 1. The monoisotopic (exact) mass is 343 g/mol. The zero-order chi connectivity index (χ0) is 14.6. The summed E-state index contributed by atoms with van der Waals surface area (Å²) in [4.78, 5) is 13.9. The lowest BCUT2D eigenvalue weighted by Crippen LogP contribution is -2.34. The van der Waals surface area contributed by atoms with Gasteiger partial charge in [0.2, 0.25) is 5.91 Å². The number of carbonyl (C=O) groups is 1. The fraction of sp³-hybridized carbons (Fsp3) is 0.385. The van der Waals surface area contributed by atoms with Gasteiger partial charge < -0.3 is 16.0 Å². The van der Waals surface area contributed by atoms with E-state index in [4.69, 9.17) is 18.0 Å². The normalized spacial score (nSPS) is 11.8. The summed E-state index contributed by atoms with van der Waals surface area (Å²) < 4.78 is 0.858. The number of halogens is 1. The van der Waals surface area contributed by atoms with Crippen LogP contribution in [0.1, 0.15) is 12.5 Å². The van der Waals surface area contributed by atoms with E-state index < -0.39 is 0 Å². The summed E-state index contributed by atoms with van der Waals surface area (Å²) >= 11 is 8.41. The first kappa shape index (κ1) is 15.9. The van der Waals surface area contributed by atoms with E-state index in [0.29, 0.717) is 11.5 Å². The van der Waals surface area contributed by atoms with Crippen LogP contribution in [-0.4, -0.2) is 31.5 Å². The molecule has 1 unspecified atom stereocenters. The summed E-state index contributed by atoms with van der Waals surface area (Å²) in [5.41, 5.74) is 7.43. The SMILES string of the molecule is CNC(=O)C(C)CN(C)c1ccc(C(N)=S)c(Br)c1. The molecule has 3 N–H and O–H groups in total. The summed E-state index contributed by atoms with van der Waals surface area (Å²) in [6.07, 6.45) is 0. The molecule has 0 bridgehead atoms. The smallest absolute Gasteiger partial charge is 0.224 e. The van der Waals surface area contributed by atoms with Gasteiger partial charge in [0.25, 0.3) is 0 Å². The maximum absolute atomic E-state index is 11.5. The van der Waals surface area contributed by atoms with Crippen molar-refractivity contribution in [1.82, 2.24) is 5.32 Å². The number of hydrogen-bond donors (Lipinski definition) is 2. The predicted octanol–water partition coefficient (Wildman–Crippen LogP) is 1.90. The molecule has 0 radical (unpaired) electrons. The minimum atomic E-state index is -0.0796. The van der Waals surface area contributed by atoms with Crippen molar-refractivity contribution in [2.24, 2.45) is 11.7 Å². The molecule has 0 fully saturated rings. The summed E-state index contributed by atoms with van der Waals surface area (Å²) in [5.74, 6) is -0.0466. The first-order valence-corrected chi connectivity index (χ1v) is 7.09. The van der Waals surface area contributed by atoms with Gasteiger partial charge in [0, 0.05) is 36.4 Å². The lowest BCUT2D eigenvalue weighted by molar-refractivity contribution is -0.123. The van der Waals surface area contributed by atoms with E-state index in [1.807, 2.05) is 37.1 Å². The Labute approximate surface area is 127 Å². The number of hydrogen-bond acceptors (Lipinski definition) is 3. The van der Waals surface area contributed by atoms with Gasteiger partial charge in [-0.3, -0.25) is 4.79 Å². The van der Waals surface area contributed by atoms with Gasteiger partial charge >= 0.3 is 0 Å². The Balaban J connectivity index is 2.83. The third-order valence-electron chi connectivity index (χ3n) is 2.90. The van der Waals surface area contributed by atoms with Crippen LogP contribution in [0.3, 0.4) is 0 Å². The first-order chi connectivity index (χ1) is 8.86. The van der Waals surface area contributed by atoms with Crippen LogP contribution in [0.15, 0.2) is 22.7 Å². The molecule has 4 nitrogen and oxygen atoms in total. The number of anilines is 1. The third kappa shape index (κ3) is 4.18. The van der Waals surface area contributed by atoms with Crippen LogP contribution in [0.4, 0.5) is 5.69 Å². The van der Waals surface area contributed by atoms with Crippen LogP contribution in [0.5, 0.6) is 0 Å². The molecule has 1 rings (SSSR count). The number of nitrogens with zero attached hydrogens (tertiary/aromatic N) is 1. The minimum absolute atomic E-state index is 0.0330. The van der Waals surface area contributed by atoms with Crippen molar-refractivity contribution in [3.8, 4) is 0 Å². The highest BCUT2D eigenvalue weighted by molar-refractivity contribution is 9.10. The van der Waals surface area contributed by atoms with E-state index in [1.54, 1.807) is 7.05 Å². The quantitative estimate of drug-likeness (QED) is 0.801. The Morgan fingerprint density at radius 2 is 2.21 bits per heavy atom. The number of rotatable bonds is 5. The van der Waals surface area contributed by atoms with E-state index >= 15 is 0 Å². The van der Waals surface area contributed by atoms with Crippen LogP contribution in [-0.2, 0) is 4.79 Å². The van der Waals surface area contributed by atoms with Crippen LogP contribution >= 0.6 is 28.1 Å². The van der Waals surface area contributed by atoms with E-state index in [0.717, 1.165) is 15.7 Å². The molecule has 1 amide bonds. The molecule has 0 aliphatic carbocycles. The molecule has 104 valence electrons. The predicted molar refractivity (Wildman–Crippen MR) is 86.5 cm³/mol. The molecule has 1 aromatic carbocycles. The van der Waals surface area contributed by atoms with Crippen LogP contribution < -0.4 is 16.0 Å². The maximum atomic E-state index is 11.5. The summed E-state index contributed by atoms with van der Waals surface area (Å²) in [5, 5.41) is 2.65. The fourth-order valence-electron chi connectivity index (χ4n) is 1.79. The zero-order valence-electron chi connectivity index (χ0n) is 11.2. The van der Waals surface area contributed by atoms with E-state index in [2.05, 4.69) is 21.2 Å². The Hall–Kier alpha value is -1.14. The van der Waals surface area contributed by atoms with Crippen LogP contribution in [0.25, 0.3) is 0 Å². The van der Waals surface area contributed by atoms with Crippen molar-refractivity contribution in [3.63, 3.8) is 0 Å². The molecule has 0 saturated heterocycles. The van der Waals surface area contributed by atoms with Gasteiger partial charge in [-0.2, -0.15) is 0 Å². The number of amides is 1. The van der Waals surface area contributed by atoms with Crippen molar-refractivity contribution in [3.05, 3.63) is 28.2 Å². The van der Waals surface area contributed by atoms with Gasteiger partial charge in [-0.05, 0) is 34.1 Å². The molecule has 0 aliphatic heterocycles. The van der Waals surface area contributed by atoms with Crippen molar-refractivity contribution < 1.29 is 4.79 Å². The first-order valence-electron chi connectivity index (χ1n) is 5.89. The second kappa shape index (κ2) is 6.86. The highest BCUT2D eigenvalue weighted by atomic mass is 79.9. The zero-order valence-corrected chi connectivity index (χ0v) is 13.6. The van der Waals surface area contributed by atoms with E-state index in [9.17, 15) is 4.79 Å². The van der Waals surface area contributed by atoms with Gasteiger partial charge in [-0.1, -0.05) is 19.1 Å². The Morgan fingerprint density at radius 3 is 2.68 bits per heavy atom. The lowest BCUT2D eigenvalue weighted by Gasteiger charge is -2.23. The summed E-state index contributed by atoms with van der Waals surface area (Å²) in [7, 11) is 3.59. The Kier molecular flexibility index (Phi) is 5.75. The third-order valence-corrected chi connectivity index (χ3v) is 3.78. The lowest BCUT2D eigenvalue weighted by atomic mass is 10.1. The highest BCUT2D eigenvalue weighted by Crippen LogP contribution is 2.24. The topological polar surface area (TPSA) is 58.4 Å². The Morgan fingerprint density at radius 1 is 1.58 bits per heavy atom. The molecule has 0 aliphatic rings. The maximum Gasteiger partial charge on any atom is 0.224 e. The van der Waals surface area contributed by atoms with Crippen molar-refractivity contribution >= 4 is 44.7 Å². The Bertz CT molecular complexity index is 493. The van der Waals surface area contributed by atoms with Crippen LogP contribution in [0, 0.1) is 5.92 Å². The average molecular weight is 344 g/mol. The van der Waals surface area contributed by atoms with Crippen LogP contribution in [0.2, 0.25) is 0 Å². The molecular formula is C13H18BrN3OS. The second-order valence-corrected chi connectivity index (χ2v) is 5.72. The molecule has 0 heterocycles. The largest absolute Gasteiger partial charge is 0.389 e.